The minimum Gasteiger partial charge on any atom is -0.307 e. The average Bonchev–Trinajstić information content (AvgIpc) is 2.96. The maximum absolute atomic E-state index is 4.85. The fraction of sp³-hybridized carbons (Fsp3) is 1.00. The lowest BCUT2D eigenvalue weighted by molar-refractivity contribution is -0.630. The van der Waals surface area contributed by atoms with Crippen LogP contribution in [0.4, 0.5) is 0 Å². The molecular weight excluding hydrogens is 434 g/mol. The van der Waals surface area contributed by atoms with Gasteiger partial charge in [-0.1, -0.05) is 13.8 Å². The Hall–Kier alpha value is -0.0400. The molecule has 17 rings (SSSR count). The highest BCUT2D eigenvalue weighted by molar-refractivity contribution is 5.58. The highest BCUT2D eigenvalue weighted by atomic mass is 15.2. The molecule has 36 heavy (non-hydrogen) atoms. The van der Waals surface area contributed by atoms with Crippen molar-refractivity contribution in [3.63, 3.8) is 0 Å². The first-order chi connectivity index (χ1) is 17.4. The van der Waals surface area contributed by atoms with Crippen molar-refractivity contribution in [1.82, 2.24) is 5.32 Å². The number of nitrogens with one attached hydrogen (secondary N) is 1. The second-order valence-electron chi connectivity index (χ2n) is 19.7. The van der Waals surface area contributed by atoms with Crippen LogP contribution < -0.4 is 5.32 Å². The Bertz CT molecular complexity index is 1400. The SMILES string of the molecule is CC12CCC34CC5C6C7CC8C9CC%10C%11C%12C(C1N3)C21CCC4(C)C52CCC%121C%111CCC62C87CCC9%101. The summed E-state index contributed by atoms with van der Waals surface area (Å²) >= 11 is 0. The second-order valence-corrected chi connectivity index (χ2v) is 19.7. The Labute approximate surface area is 216 Å². The van der Waals surface area contributed by atoms with Crippen LogP contribution in [0, 0.1) is 102 Å². The van der Waals surface area contributed by atoms with E-state index in [0.717, 1.165) is 55.8 Å². The van der Waals surface area contributed by atoms with Crippen LogP contribution in [0.5, 0.6) is 0 Å². The molecule has 2 aliphatic heterocycles. The first-order valence-electron chi connectivity index (χ1n) is 17.2. The van der Waals surface area contributed by atoms with Gasteiger partial charge in [-0.3, -0.25) is 0 Å². The van der Waals surface area contributed by atoms with Crippen molar-refractivity contribution in [3.8, 4) is 0 Å². The van der Waals surface area contributed by atoms with Gasteiger partial charge >= 0.3 is 0 Å². The summed E-state index contributed by atoms with van der Waals surface area (Å²) in [4.78, 5) is 0. The number of hydrogen-bond acceptors (Lipinski definition) is 1. The van der Waals surface area contributed by atoms with E-state index in [1.54, 1.807) is 83.5 Å². The van der Waals surface area contributed by atoms with Crippen LogP contribution >= 0.6 is 0 Å². The minimum atomic E-state index is 0.519. The molecule has 17 aliphatic rings. The summed E-state index contributed by atoms with van der Waals surface area (Å²) in [7, 11) is 0. The van der Waals surface area contributed by atoms with Gasteiger partial charge in [-0.05, 0) is 185 Å². The Morgan fingerprint density at radius 1 is 0.500 bits per heavy atom. The maximum atomic E-state index is 4.85. The third-order valence-electron chi connectivity index (χ3n) is 23.2. The first-order valence-corrected chi connectivity index (χ1v) is 17.2. The predicted molar refractivity (Wildman–Crippen MR) is 134 cm³/mol. The largest absolute Gasteiger partial charge is 0.307 e. The summed E-state index contributed by atoms with van der Waals surface area (Å²) in [6, 6.07) is 0.915. The smallest absolute Gasteiger partial charge is 0.0246 e. The summed E-state index contributed by atoms with van der Waals surface area (Å²) < 4.78 is 0. The monoisotopic (exact) mass is 477 g/mol. The molecule has 188 valence electrons. The number of rotatable bonds is 0. The molecule has 0 aromatic heterocycles. The molecule has 0 amide bonds. The van der Waals surface area contributed by atoms with Crippen LogP contribution in [-0.4, -0.2) is 11.6 Å². The minimum absolute atomic E-state index is 0.519. The Morgan fingerprint density at radius 3 is 1.97 bits per heavy atom. The highest BCUT2D eigenvalue weighted by Crippen LogP contribution is 3.14. The van der Waals surface area contributed by atoms with Crippen LogP contribution in [0.1, 0.15) is 97.3 Å². The number of hydrogen-bond donors (Lipinski definition) is 1. The van der Waals surface area contributed by atoms with Gasteiger partial charge in [0.05, 0.1) is 0 Å². The van der Waals surface area contributed by atoms with Gasteiger partial charge in [0.15, 0.2) is 0 Å². The molecule has 8 spiro atoms. The third-order valence-corrected chi connectivity index (χ3v) is 23.2. The Morgan fingerprint density at radius 2 is 1.17 bits per heavy atom. The van der Waals surface area contributed by atoms with Crippen molar-refractivity contribution in [2.45, 2.75) is 109 Å². The fourth-order valence-corrected chi connectivity index (χ4v) is 24.2. The molecule has 0 radical (unpaired) electrons. The molecule has 0 aromatic carbocycles. The Balaban J connectivity index is 1.17. The molecule has 11 bridgehead atoms. The van der Waals surface area contributed by atoms with Gasteiger partial charge < -0.3 is 5.32 Å². The molecule has 20 atom stereocenters. The lowest BCUT2D eigenvalue weighted by Gasteiger charge is -3.10. The Kier molecular flexibility index (Phi) is 1.82. The molecule has 2 saturated heterocycles. The van der Waals surface area contributed by atoms with Crippen LogP contribution in [0.3, 0.4) is 0 Å². The maximum Gasteiger partial charge on any atom is 0.0246 e. The van der Waals surface area contributed by atoms with Gasteiger partial charge in [0.2, 0.25) is 0 Å². The van der Waals surface area contributed by atoms with Crippen molar-refractivity contribution in [1.29, 1.82) is 0 Å². The van der Waals surface area contributed by atoms with Crippen molar-refractivity contribution in [2.24, 2.45) is 102 Å². The zero-order valence-electron chi connectivity index (χ0n) is 22.5. The quantitative estimate of drug-likeness (QED) is 0.424. The van der Waals surface area contributed by atoms with Crippen molar-refractivity contribution < 1.29 is 0 Å². The highest BCUT2D eigenvalue weighted by Gasteiger charge is 3.10. The molecule has 1 nitrogen and oxygen atoms in total. The van der Waals surface area contributed by atoms with E-state index in [4.69, 9.17) is 5.32 Å². The summed E-state index contributed by atoms with van der Waals surface area (Å²) in [6.45, 7) is 5.89. The number of piperidine rings is 1. The summed E-state index contributed by atoms with van der Waals surface area (Å²) in [6.07, 6.45) is 22.1. The van der Waals surface area contributed by atoms with Crippen LogP contribution in [0.15, 0.2) is 0 Å². The van der Waals surface area contributed by atoms with E-state index in [2.05, 4.69) is 13.8 Å². The van der Waals surface area contributed by atoms with Gasteiger partial charge in [0.25, 0.3) is 0 Å². The van der Waals surface area contributed by atoms with Crippen LogP contribution in [0.25, 0.3) is 0 Å². The van der Waals surface area contributed by atoms with Gasteiger partial charge in [-0.25, -0.2) is 0 Å². The molecule has 1 N–H and O–H groups in total. The summed E-state index contributed by atoms with van der Waals surface area (Å²) in [5.41, 5.74) is 7.49. The standard InChI is InChI=1S/C35H43N/c1-26-3-5-28-15-20-21-18-13-16-17-14-19-22-23-24(25(26)36-28)32(26)8-4-27(28,2)31(20)9-12-35(23,32)34(22)11-10-33(21,31)29(16,18)6-7-30(17,19)34/h16-25,36H,3-15H2,1-2H3. The van der Waals surface area contributed by atoms with E-state index in [-0.39, 0.29) is 0 Å². The van der Waals surface area contributed by atoms with Crippen LogP contribution in [0.2, 0.25) is 0 Å². The van der Waals surface area contributed by atoms with Gasteiger partial charge in [0, 0.05) is 11.6 Å². The van der Waals surface area contributed by atoms with Crippen molar-refractivity contribution >= 4 is 0 Å². The predicted octanol–water partition coefficient (Wildman–Crippen LogP) is 6.42. The molecule has 17 fully saturated rings. The topological polar surface area (TPSA) is 12.0 Å². The van der Waals surface area contributed by atoms with Gasteiger partial charge in [-0.15, -0.1) is 0 Å². The summed E-state index contributed by atoms with van der Waals surface area (Å²) in [5, 5.41) is 4.85. The molecule has 0 aromatic rings. The van der Waals surface area contributed by atoms with E-state index in [0.29, 0.717) is 16.4 Å². The van der Waals surface area contributed by atoms with Gasteiger partial charge in [0.1, 0.15) is 0 Å². The van der Waals surface area contributed by atoms with Crippen molar-refractivity contribution in [2.75, 3.05) is 0 Å². The molecule has 2 heterocycles. The van der Waals surface area contributed by atoms with E-state index < -0.39 is 0 Å². The normalized spacial score (nSPS) is 92.8. The van der Waals surface area contributed by atoms with E-state index in [1.165, 1.54) is 41.4 Å². The van der Waals surface area contributed by atoms with E-state index >= 15 is 0 Å². The third kappa shape index (κ3) is 0.813. The van der Waals surface area contributed by atoms with Crippen molar-refractivity contribution in [3.05, 3.63) is 0 Å². The lowest BCUT2D eigenvalue weighted by Crippen LogP contribution is -3.08. The number of fused-ring (bicyclic) bond motifs is 7. The van der Waals surface area contributed by atoms with Crippen LogP contribution in [-0.2, 0) is 0 Å². The zero-order valence-corrected chi connectivity index (χ0v) is 22.5. The second kappa shape index (κ2) is 3.73. The fourth-order valence-electron chi connectivity index (χ4n) is 24.2. The molecule has 15 aliphatic carbocycles. The van der Waals surface area contributed by atoms with E-state index in [1.807, 2.05) is 0 Å². The summed E-state index contributed by atoms with van der Waals surface area (Å²) in [5.74, 6) is 10.6. The molecule has 15 saturated carbocycles. The molecule has 1 heteroatoms. The molecule has 20 unspecified atom stereocenters. The lowest BCUT2D eigenvalue weighted by atomic mass is 8.94. The zero-order chi connectivity index (χ0) is 22.7. The average molecular weight is 478 g/mol. The van der Waals surface area contributed by atoms with Gasteiger partial charge in [-0.2, -0.15) is 0 Å². The first kappa shape index (κ1) is 17.6. The van der Waals surface area contributed by atoms with E-state index in [9.17, 15) is 0 Å². The molecular formula is C35H43N.